The molecule has 0 fully saturated rings. The first kappa shape index (κ1) is 22.9. The van der Waals surface area contributed by atoms with Crippen LogP contribution in [0.3, 0.4) is 0 Å². The molecular weight excluding hydrogens is 694 g/mol. The predicted molar refractivity (Wildman–Crippen MR) is 184 cm³/mol. The van der Waals surface area contributed by atoms with Crippen LogP contribution >= 0.6 is 0 Å². The minimum absolute atomic E-state index is 0.00809. The van der Waals surface area contributed by atoms with Crippen molar-refractivity contribution in [3.05, 3.63) is 95.5 Å². The Morgan fingerprint density at radius 2 is 1.30 bits per heavy atom. The maximum Gasteiger partial charge on any atom is 0.422 e. The summed E-state index contributed by atoms with van der Waals surface area (Å²) in [6, 6.07) is 12.4. The van der Waals surface area contributed by atoms with Gasteiger partial charge in [0.1, 0.15) is 11.5 Å². The molecule has 0 saturated heterocycles. The first-order valence-electron chi connectivity index (χ1n) is 20.9. The molecule has 4 aromatic heterocycles. The number of halogens is 3. The van der Waals surface area contributed by atoms with E-state index in [9.17, 15) is 21.6 Å². The van der Waals surface area contributed by atoms with E-state index in [1.54, 1.807) is 48.5 Å². The van der Waals surface area contributed by atoms with Crippen molar-refractivity contribution in [3.8, 4) is 11.5 Å². The van der Waals surface area contributed by atoms with E-state index in [0.717, 1.165) is 0 Å². The molecule has 2 atom stereocenters. The summed E-state index contributed by atoms with van der Waals surface area (Å²) in [4.78, 5) is 21.7. The number of benzene rings is 2. The van der Waals surface area contributed by atoms with Crippen LogP contribution in [0.1, 0.15) is 46.8 Å². The fraction of sp³-hybridized carbons (Fsp3) is 0.294. The summed E-state index contributed by atoms with van der Waals surface area (Å²) < 4.78 is 177. The lowest BCUT2D eigenvalue weighted by Gasteiger charge is -2.13. The van der Waals surface area contributed by atoms with Gasteiger partial charge in [-0.25, -0.2) is 9.97 Å². The van der Waals surface area contributed by atoms with Crippen molar-refractivity contribution in [1.29, 1.82) is 0 Å². The molecule has 4 heterocycles. The largest absolute Gasteiger partial charge is 0.493 e. The Hall–Kier alpha value is -4.67. The van der Waals surface area contributed by atoms with E-state index >= 15 is 0 Å². The Labute approximate surface area is 309 Å². The van der Waals surface area contributed by atoms with Gasteiger partial charge in [-0.2, -0.15) is 13.2 Å². The molecule has 2 aromatic carbocycles. The van der Waals surface area contributed by atoms with Crippen LogP contribution in [0.2, 0.25) is 0 Å². The van der Waals surface area contributed by atoms with Gasteiger partial charge in [0.25, 0.3) is 0 Å². The van der Waals surface area contributed by atoms with Crippen LogP contribution in [0, 0.1) is 13.7 Å². The fourth-order valence-corrected chi connectivity index (χ4v) is 6.17. The molecule has 0 bridgehead atoms. The minimum atomic E-state index is -4.79. The third kappa shape index (κ3) is 9.73. The van der Waals surface area contributed by atoms with Crippen molar-refractivity contribution in [2.45, 2.75) is 48.1 Å². The van der Waals surface area contributed by atoms with E-state index in [0.29, 0.717) is 22.1 Å². The second-order valence-electron chi connectivity index (χ2n) is 10.1. The standard InChI is InChI=1S/C18H21N3O3S.C16H14F3N3O2S/c1-13-16(19-9-8-17(13)24-11-5-10-23-2)12-25(22)18-20-14-6-3-4-7-15(14)21-18;1-10-13(20-7-6-14(10)24-9-16(17,18)19)8-25(23)15-21-11-4-2-3-5-12(11)22-15/h3-4,6-9H,5,10-12H2,1-2H3,(H,20,21);2-7H,8-9H2,1H3,(H,21,22)/i1D3,2D3,8D,9D;1D3,6D,7D. The van der Waals surface area contributed by atoms with Gasteiger partial charge >= 0.3 is 6.18 Å². The number of methoxy groups -OCH3 is 1. The number of pyridine rings is 2. The number of H-pyrrole nitrogens is 2. The van der Waals surface area contributed by atoms with Crippen LogP contribution in [0.4, 0.5) is 13.2 Å². The molecule has 0 radical (unpaired) electrons. The van der Waals surface area contributed by atoms with Crippen molar-refractivity contribution in [2.24, 2.45) is 0 Å². The number of alkyl halides is 3. The highest BCUT2D eigenvalue weighted by Gasteiger charge is 2.29. The van der Waals surface area contributed by atoms with E-state index in [2.05, 4.69) is 39.4 Å². The van der Waals surface area contributed by atoms with Gasteiger partial charge in [-0.1, -0.05) is 24.3 Å². The van der Waals surface area contributed by atoms with Crippen LogP contribution < -0.4 is 9.47 Å². The van der Waals surface area contributed by atoms with Gasteiger partial charge in [0.2, 0.25) is 0 Å². The van der Waals surface area contributed by atoms with Crippen molar-refractivity contribution in [1.82, 2.24) is 29.9 Å². The third-order valence-corrected chi connectivity index (χ3v) is 8.79. The van der Waals surface area contributed by atoms with Crippen LogP contribution in [-0.2, 0) is 37.8 Å². The molecule has 50 heavy (non-hydrogen) atoms. The van der Waals surface area contributed by atoms with E-state index in [4.69, 9.17) is 22.6 Å². The molecule has 16 heteroatoms. The maximum atomic E-state index is 12.9. The number of para-hydroxylation sites is 4. The summed E-state index contributed by atoms with van der Waals surface area (Å²) in [6.45, 7) is -7.97. The minimum Gasteiger partial charge on any atom is -0.493 e. The van der Waals surface area contributed by atoms with Crippen LogP contribution in [-0.4, -0.2) is 71.4 Å². The SMILES string of the molecule is [2H]c1nc(CS(=O)c2nc3ccccc3[nH]2)c(C([2H])([2H])[2H])c(OCC(F)(F)F)c1[2H].[2H]c1nc(CS(=O)c2nc3ccccc3[nH]2)c(C([2H])([2H])[2H])c(OCCCOC([2H])([2H])[2H])c1[2H]. The molecule has 6 rings (SSSR count). The lowest BCUT2D eigenvalue weighted by atomic mass is 10.2. The zero-order valence-corrected chi connectivity index (χ0v) is 27.3. The summed E-state index contributed by atoms with van der Waals surface area (Å²) in [5.74, 6) is -2.22. The fourth-order valence-electron chi connectivity index (χ4n) is 4.14. The molecule has 0 aliphatic carbocycles. The molecule has 6 aromatic rings. The number of nitrogens with zero attached hydrogens (tertiary/aromatic N) is 4. The van der Waals surface area contributed by atoms with Crippen molar-refractivity contribution < 1.29 is 53.6 Å². The smallest absolute Gasteiger partial charge is 0.422 e. The first-order chi connectivity index (χ1) is 29.2. The van der Waals surface area contributed by atoms with E-state index < -0.39 is 108 Å². The number of imidazole rings is 2. The number of rotatable bonds is 13. The Bertz CT molecular complexity index is 2580. The van der Waals surface area contributed by atoms with Crippen molar-refractivity contribution in [2.75, 3.05) is 26.9 Å². The number of fused-ring (bicyclic) bond motifs is 2. The normalized spacial score (nSPS) is 17.3. The van der Waals surface area contributed by atoms with Gasteiger partial charge in [0, 0.05) is 51.8 Å². The number of hydrogen-bond acceptors (Lipinski definition) is 9. The lowest BCUT2D eigenvalue weighted by Crippen LogP contribution is -2.19. The number of nitrogens with one attached hydrogen (secondary N) is 2. The van der Waals surface area contributed by atoms with Gasteiger partial charge in [0.15, 0.2) is 16.9 Å². The zero-order valence-electron chi connectivity index (χ0n) is 38.6. The number of hydrogen-bond donors (Lipinski definition) is 2. The molecule has 2 N–H and O–H groups in total. The Kier molecular flexibility index (Phi) is 7.72. The molecule has 11 nitrogen and oxygen atoms in total. The van der Waals surface area contributed by atoms with Gasteiger partial charge < -0.3 is 24.2 Å². The quantitative estimate of drug-likeness (QED) is 0.127. The molecule has 0 amide bonds. The Morgan fingerprint density at radius 1 is 0.780 bits per heavy atom. The van der Waals surface area contributed by atoms with Crippen LogP contribution in [0.25, 0.3) is 22.1 Å². The molecule has 0 spiro atoms. The first-order valence-corrected chi connectivity index (χ1v) is 17.0. The van der Waals surface area contributed by atoms with Gasteiger partial charge in [-0.05, 0) is 50.1 Å². The van der Waals surface area contributed by atoms with E-state index in [-0.39, 0.29) is 47.1 Å². The molecule has 2 unspecified atom stereocenters. The highest BCUT2D eigenvalue weighted by molar-refractivity contribution is 7.84. The summed E-state index contributed by atoms with van der Waals surface area (Å²) in [7, 11) is -6.34. The molecular formula is C34H35F3N6O5S2. The monoisotopic (exact) mass is 741 g/mol. The average molecular weight is 742 g/mol. The topological polar surface area (TPSA) is 145 Å². The highest BCUT2D eigenvalue weighted by atomic mass is 32.2. The summed E-state index contributed by atoms with van der Waals surface area (Å²) in [6.07, 6.45) is -6.01. The third-order valence-electron chi connectivity index (χ3n) is 6.47. The van der Waals surface area contributed by atoms with Gasteiger partial charge in [-0.3, -0.25) is 18.4 Å². The van der Waals surface area contributed by atoms with Crippen LogP contribution in [0.15, 0.2) is 83.3 Å². The summed E-state index contributed by atoms with van der Waals surface area (Å²) in [5, 5.41) is 0.133. The van der Waals surface area contributed by atoms with Crippen LogP contribution in [0.5, 0.6) is 11.5 Å². The highest BCUT2D eigenvalue weighted by Crippen LogP contribution is 2.25. The number of ether oxygens (including phenoxy) is 3. The van der Waals surface area contributed by atoms with Gasteiger partial charge in [0.05, 0.1) is 82.8 Å². The van der Waals surface area contributed by atoms with Crippen molar-refractivity contribution >= 4 is 43.7 Å². The maximum absolute atomic E-state index is 12.9. The molecule has 0 saturated carbocycles. The lowest BCUT2D eigenvalue weighted by molar-refractivity contribution is -0.153. The Morgan fingerprint density at radius 3 is 1.78 bits per heavy atom. The van der Waals surface area contributed by atoms with Crippen molar-refractivity contribution in [3.63, 3.8) is 0 Å². The second-order valence-corrected chi connectivity index (χ2v) is 12.8. The zero-order chi connectivity index (χ0) is 46.7. The van der Waals surface area contributed by atoms with E-state index in [1.165, 1.54) is 0 Å². The molecule has 0 aliphatic heterocycles. The predicted octanol–water partition coefficient (Wildman–Crippen LogP) is 6.50. The second kappa shape index (κ2) is 16.8. The van der Waals surface area contributed by atoms with E-state index in [1.807, 2.05) is 0 Å². The molecule has 264 valence electrons. The average Bonchev–Trinajstić information content (AvgIpc) is 3.81. The summed E-state index contributed by atoms with van der Waals surface area (Å²) >= 11 is 0. The number of aromatic amines is 2. The number of aromatic nitrogens is 6. The molecule has 0 aliphatic rings. The summed E-state index contributed by atoms with van der Waals surface area (Å²) in [5.41, 5.74) is 0.576. The Balaban J connectivity index is 0.000000239. The van der Waals surface area contributed by atoms with Gasteiger partial charge in [-0.15, -0.1) is 0 Å².